The van der Waals surface area contributed by atoms with Crippen molar-refractivity contribution in [2.75, 3.05) is 0 Å². The molecule has 0 atom stereocenters. The molecule has 1 nitrogen and oxygen atoms in total. The fourth-order valence-corrected chi connectivity index (χ4v) is 1.87. The molecule has 0 saturated carbocycles. The summed E-state index contributed by atoms with van der Waals surface area (Å²) >= 11 is 2.30. The van der Waals surface area contributed by atoms with Crippen molar-refractivity contribution in [3.8, 4) is 0 Å². The van der Waals surface area contributed by atoms with Gasteiger partial charge in [-0.15, -0.1) is 0 Å². The maximum Gasteiger partial charge on any atom is 0.160 e. The van der Waals surface area contributed by atoms with E-state index in [9.17, 15) is 4.79 Å². The number of rotatable bonds is 2. The second kappa shape index (κ2) is 4.22. The highest BCUT2D eigenvalue weighted by molar-refractivity contribution is 14.1. The van der Waals surface area contributed by atoms with Crippen LogP contribution in [0.4, 0.5) is 0 Å². The first-order valence-corrected chi connectivity index (χ1v) is 5.44. The molecule has 1 rings (SSSR count). The molecule has 70 valence electrons. The van der Waals surface area contributed by atoms with Crippen molar-refractivity contribution >= 4 is 28.4 Å². The summed E-state index contributed by atoms with van der Waals surface area (Å²) in [6.07, 6.45) is 0.922. The zero-order valence-electron chi connectivity index (χ0n) is 8.15. The van der Waals surface area contributed by atoms with E-state index in [4.69, 9.17) is 0 Å². The summed E-state index contributed by atoms with van der Waals surface area (Å²) < 4.78 is 1.24. The van der Waals surface area contributed by atoms with Crippen LogP contribution >= 0.6 is 22.6 Å². The average molecular weight is 288 g/mol. The maximum absolute atomic E-state index is 11.3. The van der Waals surface area contributed by atoms with Crippen molar-refractivity contribution in [2.45, 2.75) is 27.2 Å². The van der Waals surface area contributed by atoms with E-state index in [1.54, 1.807) is 6.92 Å². The molecule has 0 aromatic heterocycles. The van der Waals surface area contributed by atoms with Crippen LogP contribution in [0.2, 0.25) is 0 Å². The van der Waals surface area contributed by atoms with Crippen LogP contribution < -0.4 is 0 Å². The monoisotopic (exact) mass is 288 g/mol. The Bertz CT molecular complexity index is 342. The van der Waals surface area contributed by atoms with Crippen LogP contribution in [0, 0.1) is 10.5 Å². The van der Waals surface area contributed by atoms with Crippen LogP contribution in [0.15, 0.2) is 12.1 Å². The molecule has 0 unspecified atom stereocenters. The molecule has 0 bridgehead atoms. The van der Waals surface area contributed by atoms with Gasteiger partial charge in [-0.2, -0.15) is 0 Å². The smallest absolute Gasteiger partial charge is 0.160 e. The molecular weight excluding hydrogens is 275 g/mol. The fourth-order valence-electron chi connectivity index (χ4n) is 1.34. The van der Waals surface area contributed by atoms with Gasteiger partial charge in [0.2, 0.25) is 0 Å². The van der Waals surface area contributed by atoms with Gasteiger partial charge in [-0.1, -0.05) is 6.92 Å². The largest absolute Gasteiger partial charge is 0.295 e. The Morgan fingerprint density at radius 3 is 2.54 bits per heavy atom. The first-order chi connectivity index (χ1) is 6.06. The molecule has 0 spiro atoms. The quantitative estimate of drug-likeness (QED) is 0.602. The fraction of sp³-hybridized carbons (Fsp3) is 0.364. The number of carbonyl (C=O) groups excluding carboxylic acids is 1. The van der Waals surface area contributed by atoms with Gasteiger partial charge in [0.25, 0.3) is 0 Å². The van der Waals surface area contributed by atoms with E-state index in [0.717, 1.165) is 17.5 Å². The van der Waals surface area contributed by atoms with E-state index in [0.29, 0.717) is 0 Å². The molecule has 1 aromatic rings. The van der Waals surface area contributed by atoms with Crippen LogP contribution in [0.5, 0.6) is 0 Å². The highest BCUT2D eigenvalue weighted by atomic mass is 127. The Balaban J connectivity index is 3.33. The van der Waals surface area contributed by atoms with Gasteiger partial charge in [0.15, 0.2) is 5.78 Å². The molecule has 0 heterocycles. The van der Waals surface area contributed by atoms with Crippen molar-refractivity contribution in [3.05, 3.63) is 32.4 Å². The third-order valence-electron chi connectivity index (χ3n) is 2.14. The standard InChI is InChI=1S/C11H13IO/c1-4-9-6-11(12)7(2)5-10(9)8(3)13/h5-6H,4H2,1-3H3. The molecule has 1 aromatic carbocycles. The van der Waals surface area contributed by atoms with Gasteiger partial charge >= 0.3 is 0 Å². The van der Waals surface area contributed by atoms with Crippen LogP contribution in [0.3, 0.4) is 0 Å². The van der Waals surface area contributed by atoms with Gasteiger partial charge in [0.1, 0.15) is 0 Å². The molecule has 13 heavy (non-hydrogen) atoms. The van der Waals surface area contributed by atoms with E-state index in [2.05, 4.69) is 35.6 Å². The average Bonchev–Trinajstić information content (AvgIpc) is 2.08. The van der Waals surface area contributed by atoms with Crippen LogP contribution in [0.25, 0.3) is 0 Å². The Labute approximate surface area is 92.7 Å². The van der Waals surface area contributed by atoms with Crippen molar-refractivity contribution in [1.82, 2.24) is 0 Å². The van der Waals surface area contributed by atoms with E-state index < -0.39 is 0 Å². The summed E-state index contributed by atoms with van der Waals surface area (Å²) in [5.74, 6) is 0.163. The lowest BCUT2D eigenvalue weighted by molar-refractivity contribution is 0.101. The molecule has 0 aliphatic heterocycles. The number of ketones is 1. The molecule has 0 aliphatic carbocycles. The predicted molar refractivity (Wildman–Crippen MR) is 63.3 cm³/mol. The molecule has 0 fully saturated rings. The minimum absolute atomic E-state index is 0.163. The van der Waals surface area contributed by atoms with Crippen molar-refractivity contribution in [2.24, 2.45) is 0 Å². The molecule has 0 saturated heterocycles. The Kier molecular flexibility index (Phi) is 3.47. The van der Waals surface area contributed by atoms with Crippen molar-refractivity contribution in [1.29, 1.82) is 0 Å². The number of aryl methyl sites for hydroxylation is 2. The van der Waals surface area contributed by atoms with Gasteiger partial charge < -0.3 is 0 Å². The third-order valence-corrected chi connectivity index (χ3v) is 3.31. The van der Waals surface area contributed by atoms with E-state index >= 15 is 0 Å². The lowest BCUT2D eigenvalue weighted by Gasteiger charge is -2.07. The predicted octanol–water partition coefficient (Wildman–Crippen LogP) is 3.36. The summed E-state index contributed by atoms with van der Waals surface area (Å²) in [5.41, 5.74) is 3.21. The van der Waals surface area contributed by atoms with Crippen molar-refractivity contribution < 1.29 is 4.79 Å². The second-order valence-corrected chi connectivity index (χ2v) is 4.33. The first kappa shape index (κ1) is 10.7. The maximum atomic E-state index is 11.3. The zero-order valence-corrected chi connectivity index (χ0v) is 10.3. The molecule has 2 heteroatoms. The summed E-state index contributed by atoms with van der Waals surface area (Å²) in [7, 11) is 0. The van der Waals surface area contributed by atoms with Gasteiger partial charge in [-0.25, -0.2) is 0 Å². The number of benzene rings is 1. The molecule has 0 amide bonds. The highest BCUT2D eigenvalue weighted by Crippen LogP contribution is 2.19. The minimum Gasteiger partial charge on any atom is -0.295 e. The highest BCUT2D eigenvalue weighted by Gasteiger charge is 2.07. The first-order valence-electron chi connectivity index (χ1n) is 4.36. The SMILES string of the molecule is CCc1cc(I)c(C)cc1C(C)=O. The van der Waals surface area contributed by atoms with Crippen LogP contribution in [0.1, 0.15) is 35.3 Å². The second-order valence-electron chi connectivity index (χ2n) is 3.17. The molecule has 0 aliphatic rings. The lowest BCUT2D eigenvalue weighted by Crippen LogP contribution is -2.00. The van der Waals surface area contributed by atoms with Gasteiger partial charge in [-0.3, -0.25) is 4.79 Å². The summed E-state index contributed by atoms with van der Waals surface area (Å²) in [5, 5.41) is 0. The van der Waals surface area contributed by atoms with Gasteiger partial charge in [0.05, 0.1) is 0 Å². The number of hydrogen-bond donors (Lipinski definition) is 0. The van der Waals surface area contributed by atoms with Crippen LogP contribution in [-0.4, -0.2) is 5.78 Å². The van der Waals surface area contributed by atoms with Crippen molar-refractivity contribution in [3.63, 3.8) is 0 Å². The zero-order chi connectivity index (χ0) is 10.0. The van der Waals surface area contributed by atoms with Crippen LogP contribution in [-0.2, 0) is 6.42 Å². The summed E-state index contributed by atoms with van der Waals surface area (Å²) in [6, 6.07) is 4.09. The third kappa shape index (κ3) is 2.30. The Hall–Kier alpha value is -0.380. The summed E-state index contributed by atoms with van der Waals surface area (Å²) in [4.78, 5) is 11.3. The number of carbonyl (C=O) groups is 1. The molecule has 0 radical (unpaired) electrons. The normalized spacial score (nSPS) is 10.2. The Morgan fingerprint density at radius 2 is 2.08 bits per heavy atom. The van der Waals surface area contributed by atoms with Gasteiger partial charge in [0, 0.05) is 9.13 Å². The van der Waals surface area contributed by atoms with E-state index in [1.165, 1.54) is 9.13 Å². The number of Topliss-reactive ketones (excluding diaryl/α,β-unsaturated/α-hetero) is 1. The lowest BCUT2D eigenvalue weighted by atomic mass is 10.00. The minimum atomic E-state index is 0.163. The number of hydrogen-bond acceptors (Lipinski definition) is 1. The number of halogens is 1. The Morgan fingerprint density at radius 1 is 1.46 bits per heavy atom. The molecule has 0 N–H and O–H groups in total. The van der Waals surface area contributed by atoms with Gasteiger partial charge in [-0.05, 0) is 66.1 Å². The van der Waals surface area contributed by atoms with E-state index in [-0.39, 0.29) is 5.78 Å². The summed E-state index contributed by atoms with van der Waals surface area (Å²) in [6.45, 7) is 5.74. The molecular formula is C11H13IO. The topological polar surface area (TPSA) is 17.1 Å². The van der Waals surface area contributed by atoms with E-state index in [1.807, 2.05) is 13.0 Å².